The monoisotopic (exact) mass is 423 g/mol. The molecule has 0 bridgehead atoms. The molecule has 0 saturated heterocycles. The molecule has 30 heavy (non-hydrogen) atoms. The Kier molecular flexibility index (Phi) is 6.52. The van der Waals surface area contributed by atoms with Gasteiger partial charge in [0.25, 0.3) is 5.91 Å². The SMILES string of the molecule is CC(C)(C)NC(=O)CN(C(=O)CNC(=O)c1cccs1)c1cccc2ccccc12. The lowest BCUT2D eigenvalue weighted by molar-refractivity contribution is -0.124. The first-order chi connectivity index (χ1) is 14.2. The number of rotatable bonds is 6. The van der Waals surface area contributed by atoms with Crippen molar-refractivity contribution in [2.24, 2.45) is 0 Å². The summed E-state index contributed by atoms with van der Waals surface area (Å²) < 4.78 is 0. The standard InChI is InChI=1S/C23H25N3O3S/c1-23(2,3)25-20(27)15-26(18-11-6-9-16-8-4-5-10-17(16)18)21(28)14-24-22(29)19-12-7-13-30-19/h4-13H,14-15H2,1-3H3,(H,24,29)(H,25,27). The maximum absolute atomic E-state index is 13.1. The lowest BCUT2D eigenvalue weighted by Crippen LogP contribution is -2.49. The van der Waals surface area contributed by atoms with Gasteiger partial charge in [0.2, 0.25) is 11.8 Å². The van der Waals surface area contributed by atoms with E-state index in [1.54, 1.807) is 17.5 Å². The molecule has 0 radical (unpaired) electrons. The van der Waals surface area contributed by atoms with Crippen molar-refractivity contribution in [3.05, 3.63) is 64.9 Å². The number of benzene rings is 2. The Morgan fingerprint density at radius 1 is 0.967 bits per heavy atom. The molecular formula is C23H25N3O3S. The van der Waals surface area contributed by atoms with Crippen LogP contribution in [0.1, 0.15) is 30.4 Å². The van der Waals surface area contributed by atoms with E-state index in [-0.39, 0.29) is 30.8 Å². The molecule has 3 rings (SSSR count). The summed E-state index contributed by atoms with van der Waals surface area (Å²) >= 11 is 1.31. The minimum Gasteiger partial charge on any atom is -0.350 e. The topological polar surface area (TPSA) is 78.5 Å². The van der Waals surface area contributed by atoms with Gasteiger partial charge in [-0.25, -0.2) is 0 Å². The second-order valence-electron chi connectivity index (χ2n) is 7.94. The number of hydrogen-bond donors (Lipinski definition) is 2. The third-order valence-electron chi connectivity index (χ3n) is 4.32. The number of fused-ring (bicyclic) bond motifs is 1. The number of hydrogen-bond acceptors (Lipinski definition) is 4. The number of anilines is 1. The molecule has 2 N–H and O–H groups in total. The quantitative estimate of drug-likeness (QED) is 0.636. The molecule has 156 valence electrons. The number of carbonyl (C=O) groups is 3. The van der Waals surface area contributed by atoms with Gasteiger partial charge in [0.15, 0.2) is 0 Å². The van der Waals surface area contributed by atoms with Crippen molar-refractivity contribution in [2.75, 3.05) is 18.0 Å². The number of amides is 3. The third kappa shape index (κ3) is 5.45. The largest absolute Gasteiger partial charge is 0.350 e. The van der Waals surface area contributed by atoms with Crippen LogP contribution in [0.25, 0.3) is 10.8 Å². The summed E-state index contributed by atoms with van der Waals surface area (Å²) in [4.78, 5) is 39.9. The minimum absolute atomic E-state index is 0.140. The predicted octanol–water partition coefficient (Wildman–Crippen LogP) is 3.58. The Hall–Kier alpha value is -3.19. The zero-order chi connectivity index (χ0) is 21.7. The van der Waals surface area contributed by atoms with Crippen molar-refractivity contribution in [3.63, 3.8) is 0 Å². The van der Waals surface area contributed by atoms with Crippen molar-refractivity contribution in [3.8, 4) is 0 Å². The van der Waals surface area contributed by atoms with Gasteiger partial charge in [-0.15, -0.1) is 11.3 Å². The Morgan fingerprint density at radius 2 is 1.70 bits per heavy atom. The van der Waals surface area contributed by atoms with Crippen molar-refractivity contribution >= 4 is 45.5 Å². The van der Waals surface area contributed by atoms with E-state index in [9.17, 15) is 14.4 Å². The lowest BCUT2D eigenvalue weighted by Gasteiger charge is -2.27. The molecule has 3 amide bonds. The van der Waals surface area contributed by atoms with Crippen LogP contribution in [0.2, 0.25) is 0 Å². The van der Waals surface area contributed by atoms with E-state index in [1.165, 1.54) is 16.2 Å². The second kappa shape index (κ2) is 9.09. The zero-order valence-electron chi connectivity index (χ0n) is 17.3. The molecule has 1 aromatic heterocycles. The third-order valence-corrected chi connectivity index (χ3v) is 5.19. The van der Waals surface area contributed by atoms with E-state index in [1.807, 2.05) is 63.2 Å². The van der Waals surface area contributed by atoms with E-state index in [4.69, 9.17) is 0 Å². The molecule has 0 aliphatic carbocycles. The molecular weight excluding hydrogens is 398 g/mol. The Labute approximate surface area is 179 Å². The van der Waals surface area contributed by atoms with Gasteiger partial charge in [-0.3, -0.25) is 14.4 Å². The van der Waals surface area contributed by atoms with E-state index in [0.717, 1.165) is 10.8 Å². The molecule has 3 aromatic rings. The number of carbonyl (C=O) groups excluding carboxylic acids is 3. The molecule has 1 heterocycles. The molecule has 0 aliphatic heterocycles. The van der Waals surface area contributed by atoms with E-state index < -0.39 is 5.54 Å². The average molecular weight is 424 g/mol. The first-order valence-electron chi connectivity index (χ1n) is 9.65. The summed E-state index contributed by atoms with van der Waals surface area (Å²) in [5.41, 5.74) is 0.213. The fraction of sp³-hybridized carbons (Fsp3) is 0.261. The zero-order valence-corrected chi connectivity index (χ0v) is 18.1. The maximum atomic E-state index is 13.1. The van der Waals surface area contributed by atoms with Crippen molar-refractivity contribution in [1.82, 2.24) is 10.6 Å². The Balaban J connectivity index is 1.86. The van der Waals surface area contributed by atoms with Crippen LogP contribution >= 0.6 is 11.3 Å². The van der Waals surface area contributed by atoms with Gasteiger partial charge < -0.3 is 15.5 Å². The van der Waals surface area contributed by atoms with Gasteiger partial charge in [0.1, 0.15) is 6.54 Å². The number of nitrogens with one attached hydrogen (secondary N) is 2. The van der Waals surface area contributed by atoms with Crippen LogP contribution in [-0.4, -0.2) is 36.3 Å². The summed E-state index contributed by atoms with van der Waals surface area (Å²) in [6, 6.07) is 16.8. The van der Waals surface area contributed by atoms with E-state index in [2.05, 4.69) is 10.6 Å². The average Bonchev–Trinajstić information content (AvgIpc) is 3.23. The molecule has 0 spiro atoms. The smallest absolute Gasteiger partial charge is 0.261 e. The summed E-state index contributed by atoms with van der Waals surface area (Å²) in [5.74, 6) is -0.941. The van der Waals surface area contributed by atoms with Gasteiger partial charge in [0, 0.05) is 10.9 Å². The maximum Gasteiger partial charge on any atom is 0.261 e. The van der Waals surface area contributed by atoms with Crippen LogP contribution in [0.15, 0.2) is 60.0 Å². The first kappa shape index (κ1) is 21.5. The molecule has 0 saturated carbocycles. The highest BCUT2D eigenvalue weighted by atomic mass is 32.1. The van der Waals surface area contributed by atoms with Crippen LogP contribution in [0.4, 0.5) is 5.69 Å². The number of nitrogens with zero attached hydrogens (tertiary/aromatic N) is 1. The van der Waals surface area contributed by atoms with Crippen LogP contribution in [0.3, 0.4) is 0 Å². The molecule has 6 nitrogen and oxygen atoms in total. The summed E-state index contributed by atoms with van der Waals surface area (Å²) in [6.07, 6.45) is 0. The molecule has 0 aliphatic rings. The summed E-state index contributed by atoms with van der Waals surface area (Å²) in [7, 11) is 0. The Bertz CT molecular complexity index is 1050. The van der Waals surface area contributed by atoms with E-state index >= 15 is 0 Å². The summed E-state index contributed by atoms with van der Waals surface area (Å²) in [5, 5.41) is 9.17. The minimum atomic E-state index is -0.419. The van der Waals surface area contributed by atoms with Crippen molar-refractivity contribution in [1.29, 1.82) is 0 Å². The molecule has 0 unspecified atom stereocenters. The van der Waals surface area contributed by atoms with E-state index in [0.29, 0.717) is 10.6 Å². The van der Waals surface area contributed by atoms with Crippen LogP contribution in [-0.2, 0) is 9.59 Å². The normalized spacial score (nSPS) is 11.2. The van der Waals surface area contributed by atoms with Gasteiger partial charge in [-0.2, -0.15) is 0 Å². The second-order valence-corrected chi connectivity index (χ2v) is 8.88. The van der Waals surface area contributed by atoms with Crippen molar-refractivity contribution < 1.29 is 14.4 Å². The molecule has 2 aromatic carbocycles. The summed E-state index contributed by atoms with van der Waals surface area (Å²) in [6.45, 7) is 5.31. The highest BCUT2D eigenvalue weighted by Gasteiger charge is 2.23. The lowest BCUT2D eigenvalue weighted by atomic mass is 10.1. The highest BCUT2D eigenvalue weighted by Crippen LogP contribution is 2.27. The first-order valence-corrected chi connectivity index (χ1v) is 10.5. The molecule has 0 fully saturated rings. The molecule has 0 atom stereocenters. The predicted molar refractivity (Wildman–Crippen MR) is 121 cm³/mol. The van der Waals surface area contributed by atoms with Crippen LogP contribution in [0.5, 0.6) is 0 Å². The molecule has 7 heteroatoms. The van der Waals surface area contributed by atoms with Gasteiger partial charge in [-0.1, -0.05) is 42.5 Å². The van der Waals surface area contributed by atoms with Crippen LogP contribution in [0, 0.1) is 0 Å². The highest BCUT2D eigenvalue weighted by molar-refractivity contribution is 7.12. The fourth-order valence-electron chi connectivity index (χ4n) is 3.10. The van der Waals surface area contributed by atoms with Gasteiger partial charge >= 0.3 is 0 Å². The van der Waals surface area contributed by atoms with Gasteiger partial charge in [0.05, 0.1) is 17.1 Å². The van der Waals surface area contributed by atoms with Crippen molar-refractivity contribution in [2.45, 2.75) is 26.3 Å². The Morgan fingerprint density at radius 3 is 2.40 bits per heavy atom. The fourth-order valence-corrected chi connectivity index (χ4v) is 3.74. The van der Waals surface area contributed by atoms with Crippen LogP contribution < -0.4 is 15.5 Å². The van der Waals surface area contributed by atoms with Gasteiger partial charge in [-0.05, 0) is 43.7 Å². The number of thiophene rings is 1.